The van der Waals surface area contributed by atoms with Gasteiger partial charge in [0.15, 0.2) is 11.0 Å². The van der Waals surface area contributed by atoms with E-state index in [1.165, 1.54) is 23.9 Å². The number of hydrogen-bond acceptors (Lipinski definition) is 4. The van der Waals surface area contributed by atoms with E-state index < -0.39 is 6.04 Å². The van der Waals surface area contributed by atoms with Crippen molar-refractivity contribution in [3.05, 3.63) is 99.5 Å². The Morgan fingerprint density at radius 2 is 1.83 bits per heavy atom. The normalized spacial score (nSPS) is 11.8. The average molecular weight is 530 g/mol. The van der Waals surface area contributed by atoms with Crippen molar-refractivity contribution in [2.75, 3.05) is 5.32 Å². The number of nitrogens with one attached hydrogen (secondary N) is 2. The van der Waals surface area contributed by atoms with Crippen LogP contribution in [0.15, 0.2) is 71.9 Å². The Labute approximate surface area is 216 Å². The zero-order valence-electron chi connectivity index (χ0n) is 18.9. The highest BCUT2D eigenvalue weighted by Gasteiger charge is 2.23. The van der Waals surface area contributed by atoms with Gasteiger partial charge in [-0.1, -0.05) is 65.3 Å². The van der Waals surface area contributed by atoms with Gasteiger partial charge in [-0.3, -0.25) is 4.57 Å². The van der Waals surface area contributed by atoms with Gasteiger partial charge in [0, 0.05) is 16.5 Å². The molecule has 0 saturated carbocycles. The molecule has 0 saturated heterocycles. The number of rotatable bonds is 7. The van der Waals surface area contributed by atoms with Gasteiger partial charge in [-0.05, 0) is 61.4 Å². The second-order valence-corrected chi connectivity index (χ2v) is 9.61. The SMILES string of the molecule is Cc1ccccc1NC(=O)NC(C)c1nnc(SCc2ccc(F)cc2)n1-c1ccc(Cl)cc1Cl. The molecule has 1 aromatic heterocycles. The molecule has 180 valence electrons. The van der Waals surface area contributed by atoms with Gasteiger partial charge in [-0.2, -0.15) is 0 Å². The maximum Gasteiger partial charge on any atom is 0.319 e. The number of carbonyl (C=O) groups excluding carboxylic acids is 1. The van der Waals surface area contributed by atoms with Gasteiger partial charge in [-0.15, -0.1) is 10.2 Å². The third kappa shape index (κ3) is 6.14. The predicted octanol–water partition coefficient (Wildman–Crippen LogP) is 7.20. The highest BCUT2D eigenvalue weighted by molar-refractivity contribution is 7.98. The first-order valence-electron chi connectivity index (χ1n) is 10.7. The highest BCUT2D eigenvalue weighted by atomic mass is 35.5. The third-order valence-corrected chi connectivity index (χ3v) is 6.76. The minimum atomic E-state index is -0.501. The molecule has 0 spiro atoms. The van der Waals surface area contributed by atoms with Gasteiger partial charge in [0.05, 0.1) is 16.8 Å². The summed E-state index contributed by atoms with van der Waals surface area (Å²) in [6, 6.07) is 18.1. The van der Waals surface area contributed by atoms with Crippen molar-refractivity contribution in [2.45, 2.75) is 30.8 Å². The quantitative estimate of drug-likeness (QED) is 0.248. The molecule has 1 atom stereocenters. The molecule has 0 fully saturated rings. The number of halogens is 3. The molecule has 6 nitrogen and oxygen atoms in total. The Kier molecular flexibility index (Phi) is 7.95. The summed E-state index contributed by atoms with van der Waals surface area (Å²) >= 11 is 14.1. The van der Waals surface area contributed by atoms with Crippen LogP contribution in [0.1, 0.15) is 29.9 Å². The first kappa shape index (κ1) is 25.0. The summed E-state index contributed by atoms with van der Waals surface area (Å²) in [4.78, 5) is 12.7. The number of carbonyl (C=O) groups is 1. The summed E-state index contributed by atoms with van der Waals surface area (Å²) in [6.07, 6.45) is 0. The van der Waals surface area contributed by atoms with Crippen molar-refractivity contribution in [1.29, 1.82) is 0 Å². The van der Waals surface area contributed by atoms with Crippen molar-refractivity contribution in [3.8, 4) is 5.69 Å². The Morgan fingerprint density at radius 3 is 2.54 bits per heavy atom. The molecule has 4 rings (SSSR count). The molecule has 0 aliphatic rings. The van der Waals surface area contributed by atoms with Crippen molar-refractivity contribution >= 4 is 46.7 Å². The molecule has 2 N–H and O–H groups in total. The molecule has 35 heavy (non-hydrogen) atoms. The maximum absolute atomic E-state index is 13.3. The Balaban J connectivity index is 1.60. The number of para-hydroxylation sites is 1. The predicted molar refractivity (Wildman–Crippen MR) is 139 cm³/mol. The van der Waals surface area contributed by atoms with Crippen LogP contribution in [-0.2, 0) is 5.75 Å². The van der Waals surface area contributed by atoms with Crippen LogP contribution >= 0.6 is 35.0 Å². The van der Waals surface area contributed by atoms with E-state index in [1.807, 2.05) is 38.1 Å². The molecular formula is C25H22Cl2FN5OS. The molecule has 1 unspecified atom stereocenters. The molecule has 0 aliphatic carbocycles. The van der Waals surface area contributed by atoms with Gasteiger partial charge in [-0.25, -0.2) is 9.18 Å². The van der Waals surface area contributed by atoms with Gasteiger partial charge < -0.3 is 10.6 Å². The second kappa shape index (κ2) is 11.1. The lowest BCUT2D eigenvalue weighted by molar-refractivity contribution is 0.248. The molecule has 0 radical (unpaired) electrons. The van der Waals surface area contributed by atoms with E-state index >= 15 is 0 Å². The Bertz CT molecular complexity index is 1350. The lowest BCUT2D eigenvalue weighted by Gasteiger charge is -2.18. The lowest BCUT2D eigenvalue weighted by atomic mass is 10.2. The van der Waals surface area contributed by atoms with Crippen molar-refractivity contribution in [1.82, 2.24) is 20.1 Å². The number of benzene rings is 3. The van der Waals surface area contributed by atoms with Gasteiger partial charge in [0.2, 0.25) is 0 Å². The summed E-state index contributed by atoms with van der Waals surface area (Å²) in [5, 5.41) is 16.0. The summed E-state index contributed by atoms with van der Waals surface area (Å²) < 4.78 is 15.1. The molecule has 2 amide bonds. The molecular weight excluding hydrogens is 508 g/mol. The fourth-order valence-corrected chi connectivity index (χ4v) is 4.81. The molecule has 3 aromatic carbocycles. The molecule has 0 aliphatic heterocycles. The number of urea groups is 1. The lowest BCUT2D eigenvalue weighted by Crippen LogP contribution is -2.32. The van der Waals surface area contributed by atoms with Gasteiger partial charge >= 0.3 is 6.03 Å². The minimum Gasteiger partial charge on any atom is -0.328 e. The van der Waals surface area contributed by atoms with Crippen LogP contribution in [0.3, 0.4) is 0 Å². The number of nitrogens with zero attached hydrogens (tertiary/aromatic N) is 3. The smallest absolute Gasteiger partial charge is 0.319 e. The second-order valence-electron chi connectivity index (χ2n) is 7.82. The number of aryl methyl sites for hydroxylation is 1. The van der Waals surface area contributed by atoms with Crippen LogP contribution in [0.2, 0.25) is 10.0 Å². The number of thioether (sulfide) groups is 1. The first-order valence-corrected chi connectivity index (χ1v) is 12.5. The van der Waals surface area contributed by atoms with Gasteiger partial charge in [0.25, 0.3) is 0 Å². The standard InChI is InChI=1S/C25H22Cl2FN5OS/c1-15-5-3-4-6-21(15)30-24(34)29-16(2)23-31-32-25(35-14-17-7-10-19(28)11-8-17)33(23)22-12-9-18(26)13-20(22)27/h3-13,16H,14H2,1-2H3,(H2,29,30,34). The summed E-state index contributed by atoms with van der Waals surface area (Å²) in [5.41, 5.74) is 3.23. The summed E-state index contributed by atoms with van der Waals surface area (Å²) in [5.74, 6) is 0.746. The monoisotopic (exact) mass is 529 g/mol. The fraction of sp³-hybridized carbons (Fsp3) is 0.160. The summed E-state index contributed by atoms with van der Waals surface area (Å²) in [6.45, 7) is 3.74. The van der Waals surface area contributed by atoms with E-state index in [2.05, 4.69) is 20.8 Å². The van der Waals surface area contributed by atoms with Crippen LogP contribution < -0.4 is 10.6 Å². The number of anilines is 1. The molecule has 4 aromatic rings. The van der Waals surface area contributed by atoms with Crippen LogP contribution in [0, 0.1) is 12.7 Å². The molecule has 10 heteroatoms. The molecule has 1 heterocycles. The number of hydrogen-bond donors (Lipinski definition) is 2. The topological polar surface area (TPSA) is 71.8 Å². The van der Waals surface area contributed by atoms with E-state index in [-0.39, 0.29) is 11.8 Å². The van der Waals surface area contributed by atoms with E-state index in [4.69, 9.17) is 23.2 Å². The maximum atomic E-state index is 13.3. The van der Waals surface area contributed by atoms with Crippen LogP contribution in [-0.4, -0.2) is 20.8 Å². The van der Waals surface area contributed by atoms with Crippen LogP contribution in [0.4, 0.5) is 14.9 Å². The minimum absolute atomic E-state index is 0.291. The largest absolute Gasteiger partial charge is 0.328 e. The fourth-order valence-electron chi connectivity index (χ4n) is 3.41. The van der Waals surface area contributed by atoms with Crippen LogP contribution in [0.5, 0.6) is 0 Å². The third-order valence-electron chi connectivity index (χ3n) is 5.22. The van der Waals surface area contributed by atoms with Crippen molar-refractivity contribution in [3.63, 3.8) is 0 Å². The van der Waals surface area contributed by atoms with Crippen LogP contribution in [0.25, 0.3) is 5.69 Å². The van der Waals surface area contributed by atoms with E-state index in [0.717, 1.165) is 16.8 Å². The average Bonchev–Trinajstić information content (AvgIpc) is 3.24. The zero-order valence-corrected chi connectivity index (χ0v) is 21.3. The van der Waals surface area contributed by atoms with Crippen molar-refractivity contribution < 1.29 is 9.18 Å². The van der Waals surface area contributed by atoms with Crippen molar-refractivity contribution in [2.24, 2.45) is 0 Å². The van der Waals surface area contributed by atoms with Gasteiger partial charge in [0.1, 0.15) is 5.82 Å². The Hall–Kier alpha value is -3.07. The molecule has 0 bridgehead atoms. The summed E-state index contributed by atoms with van der Waals surface area (Å²) in [7, 11) is 0. The highest BCUT2D eigenvalue weighted by Crippen LogP contribution is 2.32. The first-order chi connectivity index (χ1) is 16.8. The van der Waals surface area contributed by atoms with E-state index in [9.17, 15) is 9.18 Å². The zero-order chi connectivity index (χ0) is 24.9. The van der Waals surface area contributed by atoms with E-state index in [1.54, 1.807) is 34.9 Å². The number of aromatic nitrogens is 3. The van der Waals surface area contributed by atoms with E-state index in [0.29, 0.717) is 32.5 Å². The number of amides is 2. The Morgan fingerprint density at radius 1 is 1.09 bits per heavy atom.